The van der Waals surface area contributed by atoms with Crippen LogP contribution in [-0.2, 0) is 11.2 Å². The Hall–Kier alpha value is -2.07. The molecule has 1 N–H and O–H groups in total. The van der Waals surface area contributed by atoms with Crippen LogP contribution in [-0.4, -0.2) is 28.7 Å². The highest BCUT2D eigenvalue weighted by Gasteiger charge is 2.51. The van der Waals surface area contributed by atoms with Crippen molar-refractivity contribution < 1.29 is 18.0 Å². The normalized spacial score (nSPS) is 19.2. The summed E-state index contributed by atoms with van der Waals surface area (Å²) in [6, 6.07) is 6.69. The van der Waals surface area contributed by atoms with Gasteiger partial charge in [0.1, 0.15) is 6.04 Å². The van der Waals surface area contributed by atoms with Gasteiger partial charge in [-0.3, -0.25) is 10.2 Å². The molecule has 4 nitrogen and oxygen atoms in total. The predicted molar refractivity (Wildman–Crippen MR) is 78.0 cm³/mol. The number of rotatable bonds is 4. The molecule has 0 aromatic heterocycles. The molecule has 0 aliphatic carbocycles. The molecule has 1 heterocycles. The number of hydrogen-bond acceptors (Lipinski definition) is 3. The summed E-state index contributed by atoms with van der Waals surface area (Å²) in [4.78, 5) is 11.5. The van der Waals surface area contributed by atoms with Gasteiger partial charge in [-0.15, -0.1) is 0 Å². The molecule has 1 aromatic rings. The first-order chi connectivity index (χ1) is 10.6. The molecule has 1 aliphatic rings. The van der Waals surface area contributed by atoms with E-state index in [0.717, 1.165) is 10.6 Å². The highest BCUT2D eigenvalue weighted by molar-refractivity contribution is 5.78. The molecule has 1 atom stereocenters. The molecule has 23 heavy (non-hydrogen) atoms. The minimum absolute atomic E-state index is 0.0381. The molecule has 2 rings (SSSR count). The maximum atomic E-state index is 13.4. The van der Waals surface area contributed by atoms with Crippen LogP contribution in [0.5, 0.6) is 0 Å². The number of nitrogens with zero attached hydrogens (tertiary/aromatic N) is 2. The fourth-order valence-corrected chi connectivity index (χ4v) is 2.79. The number of hydrazine groups is 1. The van der Waals surface area contributed by atoms with E-state index in [1.54, 1.807) is 38.1 Å². The van der Waals surface area contributed by atoms with Crippen LogP contribution in [0, 0.1) is 11.3 Å². The van der Waals surface area contributed by atoms with Crippen LogP contribution >= 0.6 is 0 Å². The zero-order valence-electron chi connectivity index (χ0n) is 12.9. The Kier molecular flexibility index (Phi) is 4.66. The highest BCUT2D eigenvalue weighted by Crippen LogP contribution is 2.35. The number of benzene rings is 1. The second-order valence-electron chi connectivity index (χ2n) is 6.30. The second-order valence-corrected chi connectivity index (χ2v) is 6.30. The fraction of sp³-hybridized carbons (Fsp3) is 0.500. The zero-order chi connectivity index (χ0) is 17.3. The van der Waals surface area contributed by atoms with Crippen molar-refractivity contribution in [2.75, 3.05) is 0 Å². The largest absolute Gasteiger partial charge is 0.405 e. The van der Waals surface area contributed by atoms with Crippen LogP contribution in [0.4, 0.5) is 13.2 Å². The Morgan fingerprint density at radius 2 is 1.96 bits per heavy atom. The van der Waals surface area contributed by atoms with Crippen molar-refractivity contribution >= 4 is 5.91 Å². The van der Waals surface area contributed by atoms with E-state index in [4.69, 9.17) is 5.26 Å². The van der Waals surface area contributed by atoms with Crippen LogP contribution in [0.3, 0.4) is 0 Å². The molecule has 0 bridgehead atoms. The molecule has 1 amide bonds. The standard InChI is InChI=1S/C16H18F3N3O/c1-15(2)9-14(23)21-22(15)13(16(17,18)19)8-7-11-3-5-12(10-20)6-4-11/h3-6,13H,7-9H2,1-2H3,(H,21,23). The summed E-state index contributed by atoms with van der Waals surface area (Å²) in [6.45, 7) is 3.23. The van der Waals surface area contributed by atoms with Gasteiger partial charge in [0.15, 0.2) is 0 Å². The SMILES string of the molecule is CC1(C)CC(=O)NN1C(CCc1ccc(C#N)cc1)C(F)(F)F. The first-order valence-corrected chi connectivity index (χ1v) is 7.28. The molecule has 1 aromatic carbocycles. The molecular formula is C16H18F3N3O. The van der Waals surface area contributed by atoms with Gasteiger partial charge in [-0.05, 0) is 44.4 Å². The summed E-state index contributed by atoms with van der Waals surface area (Å²) < 4.78 is 40.3. The monoisotopic (exact) mass is 325 g/mol. The van der Waals surface area contributed by atoms with Crippen LogP contribution in [0.1, 0.15) is 37.8 Å². The van der Waals surface area contributed by atoms with E-state index in [0.29, 0.717) is 5.56 Å². The second kappa shape index (κ2) is 6.20. The van der Waals surface area contributed by atoms with Crippen LogP contribution in [0.25, 0.3) is 0 Å². The number of carbonyl (C=O) groups is 1. The number of halogens is 3. The summed E-state index contributed by atoms with van der Waals surface area (Å²) in [6.07, 6.45) is -4.37. The Balaban J connectivity index is 2.13. The maximum Gasteiger partial charge on any atom is 0.405 e. The lowest BCUT2D eigenvalue weighted by Crippen LogP contribution is -2.56. The van der Waals surface area contributed by atoms with Gasteiger partial charge in [-0.2, -0.15) is 18.4 Å². The molecular weight excluding hydrogens is 307 g/mol. The molecule has 0 saturated carbocycles. The lowest BCUT2D eigenvalue weighted by atomic mass is 9.97. The molecule has 1 unspecified atom stereocenters. The van der Waals surface area contributed by atoms with Gasteiger partial charge in [-0.1, -0.05) is 12.1 Å². The summed E-state index contributed by atoms with van der Waals surface area (Å²) in [5.74, 6) is -0.400. The third-order valence-electron chi connectivity index (χ3n) is 3.97. The van der Waals surface area contributed by atoms with Gasteiger partial charge >= 0.3 is 6.18 Å². The number of amides is 1. The van der Waals surface area contributed by atoms with E-state index in [-0.39, 0.29) is 19.3 Å². The molecule has 1 aliphatic heterocycles. The predicted octanol–water partition coefficient (Wildman–Crippen LogP) is 2.94. The molecule has 124 valence electrons. The Morgan fingerprint density at radius 1 is 1.35 bits per heavy atom. The van der Waals surface area contributed by atoms with Gasteiger partial charge in [0, 0.05) is 12.0 Å². The molecule has 1 saturated heterocycles. The van der Waals surface area contributed by atoms with Crippen molar-refractivity contribution in [3.8, 4) is 6.07 Å². The van der Waals surface area contributed by atoms with E-state index in [2.05, 4.69) is 5.43 Å². The van der Waals surface area contributed by atoms with Crippen molar-refractivity contribution in [2.24, 2.45) is 0 Å². The van der Waals surface area contributed by atoms with E-state index >= 15 is 0 Å². The number of alkyl halides is 3. The molecule has 0 spiro atoms. The van der Waals surface area contributed by atoms with Crippen molar-refractivity contribution in [1.29, 1.82) is 5.26 Å². The van der Waals surface area contributed by atoms with E-state index < -0.39 is 23.7 Å². The highest BCUT2D eigenvalue weighted by atomic mass is 19.4. The maximum absolute atomic E-state index is 13.4. The Bertz CT molecular complexity index is 617. The van der Waals surface area contributed by atoms with Crippen molar-refractivity contribution in [1.82, 2.24) is 10.4 Å². The number of carbonyl (C=O) groups excluding carboxylic acids is 1. The van der Waals surface area contributed by atoms with Crippen LogP contribution < -0.4 is 5.43 Å². The summed E-state index contributed by atoms with van der Waals surface area (Å²) in [5.41, 5.74) is 2.64. The molecule has 1 fully saturated rings. The quantitative estimate of drug-likeness (QED) is 0.926. The van der Waals surface area contributed by atoms with Gasteiger partial charge in [0.2, 0.25) is 5.91 Å². The summed E-state index contributed by atoms with van der Waals surface area (Å²) in [5, 5.41) is 9.76. The Morgan fingerprint density at radius 3 is 2.39 bits per heavy atom. The lowest BCUT2D eigenvalue weighted by molar-refractivity contribution is -0.202. The van der Waals surface area contributed by atoms with E-state index in [1.807, 2.05) is 6.07 Å². The summed E-state index contributed by atoms with van der Waals surface area (Å²) in [7, 11) is 0. The fourth-order valence-electron chi connectivity index (χ4n) is 2.79. The number of nitriles is 1. The van der Waals surface area contributed by atoms with Gasteiger partial charge in [-0.25, -0.2) is 5.01 Å². The first-order valence-electron chi connectivity index (χ1n) is 7.28. The van der Waals surface area contributed by atoms with Crippen LogP contribution in [0.2, 0.25) is 0 Å². The van der Waals surface area contributed by atoms with Crippen molar-refractivity contribution in [2.45, 2.75) is 50.9 Å². The Labute approximate surface area is 132 Å². The topological polar surface area (TPSA) is 56.1 Å². The van der Waals surface area contributed by atoms with Gasteiger partial charge in [0.05, 0.1) is 11.6 Å². The summed E-state index contributed by atoms with van der Waals surface area (Å²) >= 11 is 0. The third-order valence-corrected chi connectivity index (χ3v) is 3.97. The average Bonchev–Trinajstić information content (AvgIpc) is 2.71. The number of nitrogens with one attached hydrogen (secondary N) is 1. The zero-order valence-corrected chi connectivity index (χ0v) is 12.9. The minimum Gasteiger partial charge on any atom is -0.288 e. The molecule has 7 heteroatoms. The van der Waals surface area contributed by atoms with E-state index in [9.17, 15) is 18.0 Å². The third kappa shape index (κ3) is 4.02. The average molecular weight is 325 g/mol. The lowest BCUT2D eigenvalue weighted by Gasteiger charge is -2.37. The van der Waals surface area contributed by atoms with Crippen molar-refractivity contribution in [3.05, 3.63) is 35.4 Å². The smallest absolute Gasteiger partial charge is 0.288 e. The van der Waals surface area contributed by atoms with Crippen molar-refractivity contribution in [3.63, 3.8) is 0 Å². The van der Waals surface area contributed by atoms with Gasteiger partial charge < -0.3 is 0 Å². The number of aryl methyl sites for hydroxylation is 1. The number of hydrogen-bond donors (Lipinski definition) is 1. The minimum atomic E-state index is -4.44. The van der Waals surface area contributed by atoms with Crippen LogP contribution in [0.15, 0.2) is 24.3 Å². The van der Waals surface area contributed by atoms with E-state index in [1.165, 1.54) is 0 Å². The van der Waals surface area contributed by atoms with Gasteiger partial charge in [0.25, 0.3) is 0 Å². The first kappa shape index (κ1) is 17.3. The molecule has 0 radical (unpaired) electrons.